The maximum atomic E-state index is 11.2. The van der Waals surface area contributed by atoms with Crippen molar-refractivity contribution in [1.82, 2.24) is 4.98 Å². The molecule has 0 saturated carbocycles. The van der Waals surface area contributed by atoms with Crippen molar-refractivity contribution in [3.8, 4) is 0 Å². The van der Waals surface area contributed by atoms with Crippen LogP contribution in [0.5, 0.6) is 0 Å². The summed E-state index contributed by atoms with van der Waals surface area (Å²) in [5.41, 5.74) is 4.38. The zero-order chi connectivity index (χ0) is 15.4. The topological polar surface area (TPSA) is 62.2 Å². The van der Waals surface area contributed by atoms with E-state index in [0.717, 1.165) is 24.2 Å². The molecule has 1 aromatic heterocycles. The Balaban J connectivity index is 2.33. The second kappa shape index (κ2) is 6.39. The molecular weight excluding hydrogens is 264 g/mol. The van der Waals surface area contributed by atoms with Gasteiger partial charge in [0, 0.05) is 11.4 Å². The third-order valence-corrected chi connectivity index (χ3v) is 3.41. The van der Waals surface area contributed by atoms with Crippen molar-refractivity contribution in [3.63, 3.8) is 0 Å². The zero-order valence-corrected chi connectivity index (χ0v) is 12.6. The Labute approximate surface area is 124 Å². The monoisotopic (exact) mass is 284 g/mol. The van der Waals surface area contributed by atoms with Crippen LogP contribution in [0, 0.1) is 13.8 Å². The number of benzene rings is 1. The summed E-state index contributed by atoms with van der Waals surface area (Å²) >= 11 is 0. The van der Waals surface area contributed by atoms with Crippen LogP contribution >= 0.6 is 0 Å². The molecule has 2 N–H and O–H groups in total. The summed E-state index contributed by atoms with van der Waals surface area (Å²) < 4.78 is 0. The second-order valence-electron chi connectivity index (χ2n) is 5.21. The first-order chi connectivity index (χ1) is 9.99. The van der Waals surface area contributed by atoms with Gasteiger partial charge in [0.25, 0.3) is 0 Å². The summed E-state index contributed by atoms with van der Waals surface area (Å²) in [4.78, 5) is 15.7. The molecule has 2 rings (SSSR count). The largest absolute Gasteiger partial charge is 0.478 e. The average Bonchev–Trinajstić information content (AvgIpc) is 2.43. The Hall–Kier alpha value is -2.36. The van der Waals surface area contributed by atoms with Gasteiger partial charge in [-0.1, -0.05) is 19.4 Å². The van der Waals surface area contributed by atoms with E-state index in [0.29, 0.717) is 5.82 Å². The number of carbonyl (C=O) groups is 1. The van der Waals surface area contributed by atoms with E-state index in [1.807, 2.05) is 32.0 Å². The van der Waals surface area contributed by atoms with E-state index in [1.54, 1.807) is 12.1 Å². The van der Waals surface area contributed by atoms with Gasteiger partial charge in [-0.05, 0) is 55.7 Å². The number of carboxylic acid groups (broad SMARTS) is 1. The molecule has 0 bridgehead atoms. The molecule has 0 fully saturated rings. The molecule has 0 atom stereocenters. The molecule has 4 heteroatoms. The molecule has 21 heavy (non-hydrogen) atoms. The summed E-state index contributed by atoms with van der Waals surface area (Å²) in [5.74, 6) is -0.362. The lowest BCUT2D eigenvalue weighted by Crippen LogP contribution is -2.04. The van der Waals surface area contributed by atoms with Crippen LogP contribution in [-0.4, -0.2) is 16.1 Å². The molecule has 0 aliphatic rings. The molecule has 4 nitrogen and oxygen atoms in total. The van der Waals surface area contributed by atoms with Crippen molar-refractivity contribution in [1.29, 1.82) is 0 Å². The van der Waals surface area contributed by atoms with E-state index in [-0.39, 0.29) is 5.56 Å². The van der Waals surface area contributed by atoms with Gasteiger partial charge in [-0.15, -0.1) is 0 Å². The van der Waals surface area contributed by atoms with E-state index < -0.39 is 5.97 Å². The predicted octanol–water partition coefficient (Wildman–Crippen LogP) is 4.09. The van der Waals surface area contributed by atoms with Crippen LogP contribution in [0.15, 0.2) is 30.3 Å². The van der Waals surface area contributed by atoms with Crippen molar-refractivity contribution in [2.24, 2.45) is 0 Å². The first-order valence-corrected chi connectivity index (χ1v) is 7.08. The lowest BCUT2D eigenvalue weighted by molar-refractivity contribution is 0.0696. The number of nitrogens with zero attached hydrogens (tertiary/aromatic N) is 1. The lowest BCUT2D eigenvalue weighted by atomic mass is 10.1. The van der Waals surface area contributed by atoms with Gasteiger partial charge in [0.2, 0.25) is 0 Å². The minimum Gasteiger partial charge on any atom is -0.478 e. The SMILES string of the molecule is CCCc1cc(C(=O)O)cc(Nc2ccc(C)c(C)c2)n1. The fourth-order valence-electron chi connectivity index (χ4n) is 2.13. The minimum absolute atomic E-state index is 0.264. The molecule has 2 aromatic rings. The summed E-state index contributed by atoms with van der Waals surface area (Å²) in [7, 11) is 0. The number of anilines is 2. The van der Waals surface area contributed by atoms with E-state index in [4.69, 9.17) is 0 Å². The van der Waals surface area contributed by atoms with Gasteiger partial charge < -0.3 is 10.4 Å². The number of hydrogen-bond donors (Lipinski definition) is 2. The van der Waals surface area contributed by atoms with Crippen LogP contribution in [0.4, 0.5) is 11.5 Å². The number of rotatable bonds is 5. The quantitative estimate of drug-likeness (QED) is 0.868. The first kappa shape index (κ1) is 15.0. The fourth-order valence-corrected chi connectivity index (χ4v) is 2.13. The highest BCUT2D eigenvalue weighted by molar-refractivity contribution is 5.88. The van der Waals surface area contributed by atoms with Crippen molar-refractivity contribution in [3.05, 3.63) is 52.7 Å². The van der Waals surface area contributed by atoms with E-state index in [9.17, 15) is 9.90 Å². The van der Waals surface area contributed by atoms with Crippen molar-refractivity contribution >= 4 is 17.5 Å². The first-order valence-electron chi connectivity index (χ1n) is 7.08. The van der Waals surface area contributed by atoms with Gasteiger partial charge in [-0.2, -0.15) is 0 Å². The van der Waals surface area contributed by atoms with Gasteiger partial charge in [0.05, 0.1) is 5.56 Å². The zero-order valence-electron chi connectivity index (χ0n) is 12.6. The highest BCUT2D eigenvalue weighted by Gasteiger charge is 2.09. The molecule has 1 heterocycles. The lowest BCUT2D eigenvalue weighted by Gasteiger charge is -2.10. The van der Waals surface area contributed by atoms with Crippen molar-refractivity contribution < 1.29 is 9.90 Å². The van der Waals surface area contributed by atoms with Crippen LogP contribution < -0.4 is 5.32 Å². The third-order valence-electron chi connectivity index (χ3n) is 3.41. The van der Waals surface area contributed by atoms with E-state index >= 15 is 0 Å². The molecule has 0 aliphatic heterocycles. The molecule has 0 saturated heterocycles. The fraction of sp³-hybridized carbons (Fsp3) is 0.294. The van der Waals surface area contributed by atoms with Crippen LogP contribution in [0.25, 0.3) is 0 Å². The van der Waals surface area contributed by atoms with Crippen LogP contribution in [0.3, 0.4) is 0 Å². The Morgan fingerprint density at radius 2 is 1.95 bits per heavy atom. The number of pyridine rings is 1. The molecule has 0 radical (unpaired) electrons. The molecule has 1 aromatic carbocycles. The highest BCUT2D eigenvalue weighted by atomic mass is 16.4. The Bertz CT molecular complexity index is 666. The summed E-state index contributed by atoms with van der Waals surface area (Å²) in [6, 6.07) is 9.24. The number of nitrogens with one attached hydrogen (secondary N) is 1. The Kier molecular flexibility index (Phi) is 4.58. The maximum absolute atomic E-state index is 11.2. The second-order valence-corrected chi connectivity index (χ2v) is 5.21. The number of aromatic carboxylic acids is 1. The number of aromatic nitrogens is 1. The molecule has 0 amide bonds. The Morgan fingerprint density at radius 1 is 1.19 bits per heavy atom. The smallest absolute Gasteiger partial charge is 0.335 e. The van der Waals surface area contributed by atoms with Gasteiger partial charge in [-0.3, -0.25) is 0 Å². The molecule has 110 valence electrons. The summed E-state index contributed by atoms with van der Waals surface area (Å²) in [5, 5.41) is 12.4. The van der Waals surface area contributed by atoms with Gasteiger partial charge in [-0.25, -0.2) is 9.78 Å². The predicted molar refractivity (Wildman–Crippen MR) is 84.4 cm³/mol. The molecule has 0 unspecified atom stereocenters. The maximum Gasteiger partial charge on any atom is 0.335 e. The number of hydrogen-bond acceptors (Lipinski definition) is 3. The van der Waals surface area contributed by atoms with Crippen molar-refractivity contribution in [2.75, 3.05) is 5.32 Å². The third kappa shape index (κ3) is 3.81. The number of aryl methyl sites for hydroxylation is 3. The molecular formula is C17H20N2O2. The van der Waals surface area contributed by atoms with Gasteiger partial charge >= 0.3 is 5.97 Å². The van der Waals surface area contributed by atoms with E-state index in [2.05, 4.69) is 17.2 Å². The van der Waals surface area contributed by atoms with E-state index in [1.165, 1.54) is 11.1 Å². The minimum atomic E-state index is -0.933. The van der Waals surface area contributed by atoms with Gasteiger partial charge in [0.1, 0.15) is 5.82 Å². The van der Waals surface area contributed by atoms with Crippen molar-refractivity contribution in [2.45, 2.75) is 33.6 Å². The normalized spacial score (nSPS) is 10.4. The molecule has 0 spiro atoms. The van der Waals surface area contributed by atoms with Gasteiger partial charge in [0.15, 0.2) is 0 Å². The summed E-state index contributed by atoms with van der Waals surface area (Å²) in [6.07, 6.45) is 1.70. The summed E-state index contributed by atoms with van der Waals surface area (Å²) in [6.45, 7) is 6.15. The molecule has 0 aliphatic carbocycles. The van der Waals surface area contributed by atoms with Crippen LogP contribution in [0.2, 0.25) is 0 Å². The van der Waals surface area contributed by atoms with Crippen LogP contribution in [0.1, 0.15) is 40.5 Å². The van der Waals surface area contributed by atoms with Crippen LogP contribution in [-0.2, 0) is 6.42 Å². The average molecular weight is 284 g/mol. The highest BCUT2D eigenvalue weighted by Crippen LogP contribution is 2.20. The Morgan fingerprint density at radius 3 is 2.57 bits per heavy atom. The number of carboxylic acids is 1. The standard InChI is InChI=1S/C17H20N2O2/c1-4-5-14-9-13(17(20)21)10-16(18-14)19-15-7-6-11(2)12(3)8-15/h6-10H,4-5H2,1-3H3,(H,18,19)(H,20,21).